The van der Waals surface area contributed by atoms with E-state index < -0.39 is 0 Å². The van der Waals surface area contributed by atoms with Crippen molar-refractivity contribution in [2.24, 2.45) is 5.73 Å². The zero-order valence-electron chi connectivity index (χ0n) is 12.3. The van der Waals surface area contributed by atoms with Crippen LogP contribution in [0.25, 0.3) is 11.0 Å². The predicted octanol–water partition coefficient (Wildman–Crippen LogP) is 2.49. The lowest BCUT2D eigenvalue weighted by atomic mass is 9.71. The Morgan fingerprint density at radius 3 is 2.76 bits per heavy atom. The predicted molar refractivity (Wildman–Crippen MR) is 80.9 cm³/mol. The van der Waals surface area contributed by atoms with Crippen molar-refractivity contribution in [3.63, 3.8) is 0 Å². The van der Waals surface area contributed by atoms with E-state index in [4.69, 9.17) is 20.2 Å². The third-order valence-corrected chi connectivity index (χ3v) is 4.97. The third kappa shape index (κ3) is 1.99. The highest BCUT2D eigenvalue weighted by atomic mass is 16.6. The summed E-state index contributed by atoms with van der Waals surface area (Å²) in [5.41, 5.74) is 8.23. The fourth-order valence-electron chi connectivity index (χ4n) is 3.47. The van der Waals surface area contributed by atoms with Crippen molar-refractivity contribution in [2.45, 2.75) is 44.1 Å². The molecule has 3 N–H and O–H groups in total. The van der Waals surface area contributed by atoms with Gasteiger partial charge in [-0.05, 0) is 12.8 Å². The number of aromatic amines is 1. The van der Waals surface area contributed by atoms with E-state index in [9.17, 15) is 0 Å². The monoisotopic (exact) mass is 287 g/mol. The number of ether oxygens (including phenoxy) is 2. The molecule has 5 heteroatoms. The Bertz CT molecular complexity index is 638. The Balaban J connectivity index is 1.79. The van der Waals surface area contributed by atoms with Gasteiger partial charge in [0.2, 0.25) is 0 Å². The van der Waals surface area contributed by atoms with Crippen LogP contribution in [0.2, 0.25) is 0 Å². The third-order valence-electron chi connectivity index (χ3n) is 4.97. The molecule has 1 aliphatic heterocycles. The summed E-state index contributed by atoms with van der Waals surface area (Å²) in [6, 6.07) is 4.11. The molecule has 5 nitrogen and oxygen atoms in total. The van der Waals surface area contributed by atoms with Gasteiger partial charge >= 0.3 is 0 Å². The van der Waals surface area contributed by atoms with Crippen molar-refractivity contribution in [3.05, 3.63) is 18.0 Å². The molecular weight excluding hydrogens is 266 g/mol. The fraction of sp³-hybridized carbons (Fsp3) is 0.562. The summed E-state index contributed by atoms with van der Waals surface area (Å²) in [6.45, 7) is 3.42. The normalized spacial score (nSPS) is 28.8. The number of rotatable bonds is 1. The molecule has 21 heavy (non-hydrogen) atoms. The van der Waals surface area contributed by atoms with Gasteiger partial charge in [0, 0.05) is 23.6 Å². The molecule has 0 saturated heterocycles. The zero-order chi connectivity index (χ0) is 14.4. The topological polar surface area (TPSA) is 73.2 Å². The minimum Gasteiger partial charge on any atom is -0.486 e. The number of nitrogens with one attached hydrogen (secondary N) is 1. The lowest BCUT2D eigenvalue weighted by molar-refractivity contribution is 0.172. The number of hydrogen-bond acceptors (Lipinski definition) is 4. The summed E-state index contributed by atoms with van der Waals surface area (Å²) in [5, 5.41) is 0. The van der Waals surface area contributed by atoms with Crippen molar-refractivity contribution in [2.75, 3.05) is 13.2 Å². The van der Waals surface area contributed by atoms with Crippen LogP contribution in [-0.2, 0) is 5.41 Å². The Labute approximate surface area is 123 Å². The van der Waals surface area contributed by atoms with Crippen LogP contribution < -0.4 is 15.2 Å². The van der Waals surface area contributed by atoms with Gasteiger partial charge in [0.1, 0.15) is 19.0 Å². The van der Waals surface area contributed by atoms with Crippen LogP contribution in [0.1, 0.15) is 38.4 Å². The highest BCUT2D eigenvalue weighted by molar-refractivity contribution is 5.80. The fourth-order valence-corrected chi connectivity index (χ4v) is 3.47. The van der Waals surface area contributed by atoms with Crippen LogP contribution in [-0.4, -0.2) is 29.2 Å². The number of nitrogens with two attached hydrogens (primary N) is 1. The molecule has 2 aromatic rings. The van der Waals surface area contributed by atoms with Crippen molar-refractivity contribution in [1.82, 2.24) is 9.97 Å². The number of hydrogen-bond donors (Lipinski definition) is 2. The molecule has 1 aromatic carbocycles. The van der Waals surface area contributed by atoms with Gasteiger partial charge < -0.3 is 20.2 Å². The molecule has 0 radical (unpaired) electrons. The van der Waals surface area contributed by atoms with Crippen LogP contribution in [0.5, 0.6) is 11.5 Å². The maximum atomic E-state index is 6.38. The van der Waals surface area contributed by atoms with Crippen molar-refractivity contribution in [3.8, 4) is 11.5 Å². The number of nitrogens with zero attached hydrogens (tertiary/aromatic N) is 1. The first-order valence-corrected chi connectivity index (χ1v) is 7.72. The van der Waals surface area contributed by atoms with Gasteiger partial charge in [-0.2, -0.15) is 0 Å². The zero-order valence-corrected chi connectivity index (χ0v) is 12.3. The van der Waals surface area contributed by atoms with Gasteiger partial charge in [-0.3, -0.25) is 0 Å². The van der Waals surface area contributed by atoms with E-state index in [1.54, 1.807) is 0 Å². The van der Waals surface area contributed by atoms with Crippen molar-refractivity contribution in [1.29, 1.82) is 0 Å². The summed E-state index contributed by atoms with van der Waals surface area (Å²) in [6.07, 6.45) is 4.58. The number of H-pyrrole nitrogens is 1. The average Bonchev–Trinajstić information content (AvgIpc) is 2.91. The van der Waals surface area contributed by atoms with Crippen LogP contribution in [0.4, 0.5) is 0 Å². The summed E-state index contributed by atoms with van der Waals surface area (Å²) >= 11 is 0. The smallest absolute Gasteiger partial charge is 0.163 e. The molecule has 0 amide bonds. The van der Waals surface area contributed by atoms with E-state index in [1.165, 1.54) is 12.8 Å². The average molecular weight is 287 g/mol. The molecule has 2 atom stereocenters. The summed E-state index contributed by atoms with van der Waals surface area (Å²) in [7, 11) is 0. The van der Waals surface area contributed by atoms with Crippen LogP contribution >= 0.6 is 0 Å². The quantitative estimate of drug-likeness (QED) is 0.845. The molecule has 1 aliphatic carbocycles. The van der Waals surface area contributed by atoms with E-state index in [1.807, 2.05) is 12.1 Å². The maximum absolute atomic E-state index is 6.38. The Kier molecular flexibility index (Phi) is 2.85. The van der Waals surface area contributed by atoms with Gasteiger partial charge in [-0.1, -0.05) is 19.8 Å². The minimum absolute atomic E-state index is 0.0700. The number of fused-ring (bicyclic) bond motifs is 2. The lowest BCUT2D eigenvalue weighted by Gasteiger charge is -2.37. The van der Waals surface area contributed by atoms with Crippen LogP contribution in [0, 0.1) is 0 Å². The molecule has 1 aromatic heterocycles. The van der Waals surface area contributed by atoms with Crippen LogP contribution in [0.15, 0.2) is 12.1 Å². The molecule has 0 spiro atoms. The van der Waals surface area contributed by atoms with E-state index >= 15 is 0 Å². The van der Waals surface area contributed by atoms with Crippen LogP contribution in [0.3, 0.4) is 0 Å². The van der Waals surface area contributed by atoms with E-state index in [2.05, 4.69) is 11.9 Å². The highest BCUT2D eigenvalue weighted by Gasteiger charge is 2.38. The van der Waals surface area contributed by atoms with E-state index in [0.717, 1.165) is 41.2 Å². The Hall–Kier alpha value is -1.75. The lowest BCUT2D eigenvalue weighted by Crippen LogP contribution is -2.46. The molecule has 0 bridgehead atoms. The van der Waals surface area contributed by atoms with E-state index in [-0.39, 0.29) is 11.5 Å². The number of aromatic nitrogens is 2. The van der Waals surface area contributed by atoms with Crippen molar-refractivity contribution >= 4 is 11.0 Å². The van der Waals surface area contributed by atoms with Gasteiger partial charge in [0.05, 0.1) is 11.0 Å². The second-order valence-electron chi connectivity index (χ2n) is 6.37. The Morgan fingerprint density at radius 2 is 2.00 bits per heavy atom. The molecule has 1 saturated carbocycles. The standard InChI is InChI=1S/C16H21N3O2/c1-16(5-3-2-4-14(16)17)15-18-10-8-12-13(9-11(10)19-15)21-7-6-20-12/h8-9,14H,2-7,17H2,1H3,(H,18,19). The second-order valence-corrected chi connectivity index (χ2v) is 6.37. The largest absolute Gasteiger partial charge is 0.486 e. The van der Waals surface area contributed by atoms with Gasteiger partial charge in [0.25, 0.3) is 0 Å². The number of imidazole rings is 1. The molecular formula is C16H21N3O2. The summed E-state index contributed by atoms with van der Waals surface area (Å²) in [5.74, 6) is 2.57. The first kappa shape index (κ1) is 13.0. The minimum atomic E-state index is -0.0700. The summed E-state index contributed by atoms with van der Waals surface area (Å²) in [4.78, 5) is 8.26. The second kappa shape index (κ2) is 4.63. The molecule has 1 fully saturated rings. The molecule has 4 rings (SSSR count). The summed E-state index contributed by atoms with van der Waals surface area (Å²) < 4.78 is 11.3. The van der Waals surface area contributed by atoms with Gasteiger partial charge in [-0.15, -0.1) is 0 Å². The first-order valence-electron chi connectivity index (χ1n) is 7.72. The SMILES string of the molecule is CC1(c2nc3cc4c(cc3[nH]2)OCCO4)CCCCC1N. The Morgan fingerprint density at radius 1 is 1.24 bits per heavy atom. The number of benzene rings is 1. The van der Waals surface area contributed by atoms with E-state index in [0.29, 0.717) is 13.2 Å². The molecule has 112 valence electrons. The van der Waals surface area contributed by atoms with Gasteiger partial charge in [-0.25, -0.2) is 4.98 Å². The highest BCUT2D eigenvalue weighted by Crippen LogP contribution is 2.39. The molecule has 2 aliphatic rings. The first-order chi connectivity index (χ1) is 10.2. The maximum Gasteiger partial charge on any atom is 0.163 e. The molecule has 2 heterocycles. The van der Waals surface area contributed by atoms with Crippen molar-refractivity contribution < 1.29 is 9.47 Å². The molecule has 2 unspecified atom stereocenters. The van der Waals surface area contributed by atoms with Gasteiger partial charge in [0.15, 0.2) is 11.5 Å².